The standard InChI is InChI=1S/C6H10N4O/c7-6-9-8-4-10(6)5-2-1-3-11-5/h4-5H,1-3H2,(H2,7,9). The summed E-state index contributed by atoms with van der Waals surface area (Å²) in [6.45, 7) is 0.808. The Kier molecular flexibility index (Phi) is 1.50. The number of aromatic nitrogens is 3. The normalized spacial score (nSPS) is 24.2. The number of hydrogen-bond donors (Lipinski definition) is 1. The van der Waals surface area contributed by atoms with Gasteiger partial charge in [-0.2, -0.15) is 0 Å². The van der Waals surface area contributed by atoms with Gasteiger partial charge in [0, 0.05) is 6.61 Å². The summed E-state index contributed by atoms with van der Waals surface area (Å²) in [5.41, 5.74) is 5.53. The van der Waals surface area contributed by atoms with Gasteiger partial charge in [-0.05, 0) is 12.8 Å². The number of nitrogen functional groups attached to an aromatic ring is 1. The van der Waals surface area contributed by atoms with Crippen molar-refractivity contribution < 1.29 is 4.74 Å². The highest BCUT2D eigenvalue weighted by Gasteiger charge is 2.18. The van der Waals surface area contributed by atoms with E-state index in [2.05, 4.69) is 10.2 Å². The summed E-state index contributed by atoms with van der Waals surface area (Å²) in [7, 11) is 0. The first-order chi connectivity index (χ1) is 5.38. The lowest BCUT2D eigenvalue weighted by molar-refractivity contribution is 0.0580. The maximum atomic E-state index is 5.53. The molecular weight excluding hydrogens is 144 g/mol. The van der Waals surface area contributed by atoms with E-state index in [-0.39, 0.29) is 6.23 Å². The summed E-state index contributed by atoms with van der Waals surface area (Å²) in [6.07, 6.45) is 3.75. The molecule has 60 valence electrons. The van der Waals surface area contributed by atoms with E-state index in [0.29, 0.717) is 5.95 Å². The van der Waals surface area contributed by atoms with Crippen LogP contribution in [0.1, 0.15) is 19.1 Å². The fraction of sp³-hybridized carbons (Fsp3) is 0.667. The van der Waals surface area contributed by atoms with Gasteiger partial charge in [-0.3, -0.25) is 4.57 Å². The molecule has 5 nitrogen and oxygen atoms in total. The molecule has 2 heterocycles. The molecule has 1 unspecified atom stereocenters. The molecule has 1 atom stereocenters. The largest absolute Gasteiger partial charge is 0.368 e. The second kappa shape index (κ2) is 2.50. The van der Waals surface area contributed by atoms with Gasteiger partial charge in [0.15, 0.2) is 0 Å². The molecular formula is C6H10N4O. The minimum absolute atomic E-state index is 0.0602. The van der Waals surface area contributed by atoms with E-state index in [1.165, 1.54) is 0 Å². The molecule has 0 spiro atoms. The van der Waals surface area contributed by atoms with Crippen LogP contribution in [0.15, 0.2) is 6.33 Å². The zero-order valence-corrected chi connectivity index (χ0v) is 6.10. The van der Waals surface area contributed by atoms with Gasteiger partial charge < -0.3 is 10.5 Å². The van der Waals surface area contributed by atoms with Gasteiger partial charge in [0.1, 0.15) is 12.6 Å². The Labute approximate surface area is 64.2 Å². The Hall–Kier alpha value is -1.10. The first kappa shape index (κ1) is 6.60. The van der Waals surface area contributed by atoms with Gasteiger partial charge in [0.25, 0.3) is 0 Å². The molecule has 0 saturated carbocycles. The van der Waals surface area contributed by atoms with Crippen molar-refractivity contribution >= 4 is 5.95 Å². The molecule has 0 aromatic carbocycles. The summed E-state index contributed by atoms with van der Waals surface area (Å²) in [6, 6.07) is 0. The fourth-order valence-corrected chi connectivity index (χ4v) is 1.25. The number of ether oxygens (including phenoxy) is 1. The molecule has 0 aliphatic carbocycles. The van der Waals surface area contributed by atoms with Gasteiger partial charge in [0.2, 0.25) is 5.95 Å². The highest BCUT2D eigenvalue weighted by atomic mass is 16.5. The van der Waals surface area contributed by atoms with Crippen LogP contribution in [-0.2, 0) is 4.74 Å². The quantitative estimate of drug-likeness (QED) is 0.626. The minimum Gasteiger partial charge on any atom is -0.368 e. The number of nitrogens with zero attached hydrogens (tertiary/aromatic N) is 3. The predicted octanol–water partition coefficient (Wildman–Crippen LogP) is 0.169. The summed E-state index contributed by atoms with van der Waals surface area (Å²) in [4.78, 5) is 0. The highest BCUT2D eigenvalue weighted by Crippen LogP contribution is 2.23. The lowest BCUT2D eigenvalue weighted by atomic mass is 10.3. The second-order valence-electron chi connectivity index (χ2n) is 2.56. The number of hydrogen-bond acceptors (Lipinski definition) is 4. The minimum atomic E-state index is 0.0602. The Bertz CT molecular complexity index is 240. The topological polar surface area (TPSA) is 66.0 Å². The van der Waals surface area contributed by atoms with Crippen LogP contribution in [0.3, 0.4) is 0 Å². The Morgan fingerprint density at radius 1 is 1.73 bits per heavy atom. The molecule has 0 amide bonds. The average molecular weight is 154 g/mol. The van der Waals surface area contributed by atoms with E-state index in [9.17, 15) is 0 Å². The van der Waals surface area contributed by atoms with Gasteiger partial charge in [0.05, 0.1) is 0 Å². The van der Waals surface area contributed by atoms with E-state index in [4.69, 9.17) is 10.5 Å². The summed E-state index contributed by atoms with van der Waals surface area (Å²) >= 11 is 0. The molecule has 1 aliphatic heterocycles. The van der Waals surface area contributed by atoms with Gasteiger partial charge in [-0.1, -0.05) is 0 Å². The Morgan fingerprint density at radius 2 is 2.64 bits per heavy atom. The maximum Gasteiger partial charge on any atom is 0.223 e. The molecule has 1 aliphatic rings. The van der Waals surface area contributed by atoms with Crippen LogP contribution in [-0.4, -0.2) is 21.4 Å². The van der Waals surface area contributed by atoms with Crippen LogP contribution in [0.2, 0.25) is 0 Å². The van der Waals surface area contributed by atoms with Gasteiger partial charge >= 0.3 is 0 Å². The van der Waals surface area contributed by atoms with E-state index in [0.717, 1.165) is 19.4 Å². The molecule has 1 saturated heterocycles. The third-order valence-corrected chi connectivity index (χ3v) is 1.82. The van der Waals surface area contributed by atoms with Crippen molar-refractivity contribution in [1.29, 1.82) is 0 Å². The predicted molar refractivity (Wildman–Crippen MR) is 38.7 cm³/mol. The molecule has 5 heteroatoms. The average Bonchev–Trinajstić information content (AvgIpc) is 2.55. The van der Waals surface area contributed by atoms with Crippen LogP contribution >= 0.6 is 0 Å². The first-order valence-corrected chi connectivity index (χ1v) is 3.64. The van der Waals surface area contributed by atoms with Gasteiger partial charge in [-0.25, -0.2) is 0 Å². The van der Waals surface area contributed by atoms with Crippen molar-refractivity contribution in [3.63, 3.8) is 0 Å². The van der Waals surface area contributed by atoms with E-state index < -0.39 is 0 Å². The first-order valence-electron chi connectivity index (χ1n) is 3.64. The molecule has 1 aromatic heterocycles. The number of anilines is 1. The molecule has 1 fully saturated rings. The summed E-state index contributed by atoms with van der Waals surface area (Å²) in [5, 5.41) is 7.35. The third-order valence-electron chi connectivity index (χ3n) is 1.82. The van der Waals surface area contributed by atoms with Crippen molar-refractivity contribution in [2.75, 3.05) is 12.3 Å². The van der Waals surface area contributed by atoms with E-state index in [1.807, 2.05) is 0 Å². The van der Waals surface area contributed by atoms with Crippen molar-refractivity contribution in [2.45, 2.75) is 19.1 Å². The van der Waals surface area contributed by atoms with Crippen LogP contribution in [0.4, 0.5) is 5.95 Å². The van der Waals surface area contributed by atoms with Crippen LogP contribution in [0.5, 0.6) is 0 Å². The van der Waals surface area contributed by atoms with Crippen molar-refractivity contribution in [2.24, 2.45) is 0 Å². The van der Waals surface area contributed by atoms with Crippen LogP contribution in [0.25, 0.3) is 0 Å². The molecule has 11 heavy (non-hydrogen) atoms. The molecule has 2 rings (SSSR count). The van der Waals surface area contributed by atoms with Crippen molar-refractivity contribution in [1.82, 2.24) is 14.8 Å². The summed E-state index contributed by atoms with van der Waals surface area (Å²) in [5.74, 6) is 0.428. The molecule has 2 N–H and O–H groups in total. The molecule has 0 bridgehead atoms. The molecule has 1 aromatic rings. The Morgan fingerprint density at radius 3 is 3.18 bits per heavy atom. The van der Waals surface area contributed by atoms with E-state index >= 15 is 0 Å². The zero-order valence-electron chi connectivity index (χ0n) is 6.10. The number of nitrogens with two attached hydrogens (primary N) is 1. The zero-order chi connectivity index (χ0) is 7.68. The van der Waals surface area contributed by atoms with Crippen molar-refractivity contribution in [3.05, 3.63) is 6.33 Å². The maximum absolute atomic E-state index is 5.53. The van der Waals surface area contributed by atoms with Crippen LogP contribution in [0, 0.1) is 0 Å². The monoisotopic (exact) mass is 154 g/mol. The third kappa shape index (κ3) is 1.07. The highest BCUT2D eigenvalue weighted by molar-refractivity contribution is 5.13. The van der Waals surface area contributed by atoms with E-state index in [1.54, 1.807) is 10.9 Å². The lowest BCUT2D eigenvalue weighted by Crippen LogP contribution is -2.09. The molecule has 0 radical (unpaired) electrons. The Balaban J connectivity index is 2.21. The smallest absolute Gasteiger partial charge is 0.223 e. The lowest BCUT2D eigenvalue weighted by Gasteiger charge is -2.10. The second-order valence-corrected chi connectivity index (χ2v) is 2.56. The fourth-order valence-electron chi connectivity index (χ4n) is 1.25. The summed E-state index contributed by atoms with van der Waals surface area (Å²) < 4.78 is 7.14. The van der Waals surface area contributed by atoms with Crippen LogP contribution < -0.4 is 5.73 Å². The van der Waals surface area contributed by atoms with Crippen molar-refractivity contribution in [3.8, 4) is 0 Å². The number of rotatable bonds is 1. The SMILES string of the molecule is Nc1nncn1C1CCCO1. The van der Waals surface area contributed by atoms with Gasteiger partial charge in [-0.15, -0.1) is 10.2 Å².